The minimum absolute atomic E-state index is 0.0219. The largest absolute Gasteiger partial charge is 0.407 e. The summed E-state index contributed by atoms with van der Waals surface area (Å²) in [6.07, 6.45) is 1.62. The first-order valence-corrected chi connectivity index (χ1v) is 11.6. The topological polar surface area (TPSA) is 55.0 Å². The zero-order valence-electron chi connectivity index (χ0n) is 16.8. The quantitative estimate of drug-likeness (QED) is 0.496. The van der Waals surface area contributed by atoms with Gasteiger partial charge in [0.05, 0.1) is 5.69 Å². The van der Waals surface area contributed by atoms with Crippen LogP contribution in [0.5, 0.6) is 0 Å². The molecule has 0 aliphatic heterocycles. The Morgan fingerprint density at radius 2 is 1.46 bits per heavy atom. The van der Waals surface area contributed by atoms with Crippen molar-refractivity contribution in [2.45, 2.75) is 38.7 Å². The second-order valence-electron chi connectivity index (χ2n) is 8.03. The number of H-pyrrole nitrogens is 1. The summed E-state index contributed by atoms with van der Waals surface area (Å²) in [6, 6.07) is 24.6. The first kappa shape index (κ1) is 20.2. The Morgan fingerprint density at radius 1 is 0.893 bits per heavy atom. The van der Waals surface area contributed by atoms with Gasteiger partial charge in [0.15, 0.2) is 0 Å². The summed E-state index contributed by atoms with van der Waals surface area (Å²) in [7, 11) is -2.47. The monoisotopic (exact) mass is 392 g/mol. The number of benzene rings is 2. The van der Waals surface area contributed by atoms with E-state index in [9.17, 15) is 4.79 Å². The Hall–Kier alpha value is -2.50. The van der Waals surface area contributed by atoms with Crippen molar-refractivity contribution < 1.29 is 4.43 Å². The predicted molar refractivity (Wildman–Crippen MR) is 117 cm³/mol. The maximum absolute atomic E-state index is 11.2. The van der Waals surface area contributed by atoms with Crippen molar-refractivity contribution in [3.05, 3.63) is 88.8 Å². The Balaban J connectivity index is 1.88. The molecular formula is C23H28N2O2Si. The minimum atomic E-state index is -2.47. The van der Waals surface area contributed by atoms with Gasteiger partial charge < -0.3 is 4.43 Å². The van der Waals surface area contributed by atoms with Crippen molar-refractivity contribution >= 4 is 18.7 Å². The summed E-state index contributed by atoms with van der Waals surface area (Å²) in [4.78, 5) is 11.2. The zero-order valence-corrected chi connectivity index (χ0v) is 17.8. The second kappa shape index (κ2) is 8.67. The van der Waals surface area contributed by atoms with Crippen LogP contribution in [-0.2, 0) is 10.8 Å². The molecule has 28 heavy (non-hydrogen) atoms. The molecule has 2 aromatic carbocycles. The van der Waals surface area contributed by atoms with Crippen molar-refractivity contribution in [1.29, 1.82) is 0 Å². The third-order valence-corrected chi connectivity index (χ3v) is 10.1. The Morgan fingerprint density at radius 3 is 1.93 bits per heavy atom. The number of nitrogens with one attached hydrogen (secondary N) is 1. The molecule has 0 saturated heterocycles. The molecule has 1 heterocycles. The normalized spacial score (nSPS) is 12.1. The first-order valence-electron chi connectivity index (χ1n) is 9.73. The van der Waals surface area contributed by atoms with Gasteiger partial charge in [-0.25, -0.2) is 5.10 Å². The highest BCUT2D eigenvalue weighted by atomic mass is 28.4. The fourth-order valence-corrected chi connectivity index (χ4v) is 8.36. The van der Waals surface area contributed by atoms with Crippen LogP contribution < -0.4 is 15.9 Å². The van der Waals surface area contributed by atoms with E-state index in [1.807, 2.05) is 0 Å². The van der Waals surface area contributed by atoms with Crippen LogP contribution in [0.4, 0.5) is 0 Å². The molecule has 146 valence electrons. The van der Waals surface area contributed by atoms with E-state index in [-0.39, 0.29) is 10.6 Å². The Kier molecular flexibility index (Phi) is 6.27. The highest BCUT2D eigenvalue weighted by Crippen LogP contribution is 2.36. The first-order chi connectivity index (χ1) is 13.4. The lowest BCUT2D eigenvalue weighted by Gasteiger charge is -2.43. The minimum Gasteiger partial charge on any atom is -0.407 e. The summed E-state index contributed by atoms with van der Waals surface area (Å²) >= 11 is 0. The van der Waals surface area contributed by atoms with E-state index < -0.39 is 8.32 Å². The maximum Gasteiger partial charge on any atom is 0.264 e. The van der Waals surface area contributed by atoms with Crippen LogP contribution in [0.25, 0.3) is 0 Å². The third kappa shape index (κ3) is 4.32. The molecule has 1 aromatic heterocycles. The summed E-state index contributed by atoms with van der Waals surface area (Å²) < 4.78 is 6.85. The van der Waals surface area contributed by atoms with Gasteiger partial charge in [0, 0.05) is 12.7 Å². The summed E-state index contributed by atoms with van der Waals surface area (Å²) in [6.45, 7) is 7.49. The molecular weight excluding hydrogens is 364 g/mol. The lowest BCUT2D eigenvalue weighted by atomic mass is 10.2. The fraction of sp³-hybridized carbons (Fsp3) is 0.304. The number of rotatable bonds is 7. The van der Waals surface area contributed by atoms with Crippen molar-refractivity contribution in [3.63, 3.8) is 0 Å². The lowest BCUT2D eigenvalue weighted by molar-refractivity contribution is 0.291. The molecule has 0 aliphatic rings. The molecule has 1 N–H and O–H groups in total. The van der Waals surface area contributed by atoms with E-state index in [0.717, 1.165) is 18.5 Å². The van der Waals surface area contributed by atoms with Gasteiger partial charge in [-0.1, -0.05) is 81.4 Å². The van der Waals surface area contributed by atoms with E-state index in [4.69, 9.17) is 4.43 Å². The molecule has 0 radical (unpaired) electrons. The van der Waals surface area contributed by atoms with Crippen LogP contribution in [0.15, 0.2) is 77.6 Å². The number of aryl methyl sites for hydroxylation is 1. The standard InChI is InChI=1S/C23H28N2O2Si/c1-23(2,3)28(20-12-6-4-7-13-20,21-14-8-5-9-15-21)27-18-10-11-19-16-17-22(26)25-24-19/h4-9,12-17H,10-11,18H2,1-3H3,(H,25,26). The Labute approximate surface area is 167 Å². The molecule has 5 heteroatoms. The van der Waals surface area contributed by atoms with Crippen LogP contribution in [0.3, 0.4) is 0 Å². The highest BCUT2D eigenvalue weighted by Gasteiger charge is 2.49. The van der Waals surface area contributed by atoms with Crippen LogP contribution >= 0.6 is 0 Å². The lowest BCUT2D eigenvalue weighted by Crippen LogP contribution is -2.66. The maximum atomic E-state index is 11.2. The van der Waals surface area contributed by atoms with Crippen LogP contribution in [0, 0.1) is 0 Å². The third-order valence-electron chi connectivity index (χ3n) is 5.05. The molecule has 0 aliphatic carbocycles. The number of aromatic amines is 1. The van der Waals surface area contributed by atoms with Gasteiger partial charge in [0.2, 0.25) is 0 Å². The van der Waals surface area contributed by atoms with Crippen molar-refractivity contribution in [3.8, 4) is 0 Å². The molecule has 0 unspecified atom stereocenters. The number of nitrogens with zero attached hydrogens (tertiary/aromatic N) is 1. The van der Waals surface area contributed by atoms with Crippen molar-refractivity contribution in [2.24, 2.45) is 0 Å². The van der Waals surface area contributed by atoms with E-state index >= 15 is 0 Å². The average molecular weight is 393 g/mol. The van der Waals surface area contributed by atoms with Gasteiger partial charge in [0.25, 0.3) is 13.9 Å². The average Bonchev–Trinajstić information content (AvgIpc) is 2.70. The van der Waals surface area contributed by atoms with E-state index in [1.54, 1.807) is 6.07 Å². The molecule has 0 spiro atoms. The molecule has 3 aromatic rings. The second-order valence-corrected chi connectivity index (χ2v) is 12.3. The Bertz CT molecular complexity index is 874. The summed E-state index contributed by atoms with van der Waals surface area (Å²) in [5.41, 5.74) is 0.706. The molecule has 0 atom stereocenters. The van der Waals surface area contributed by atoms with E-state index in [2.05, 4.69) is 91.6 Å². The number of hydrogen-bond donors (Lipinski definition) is 1. The van der Waals surface area contributed by atoms with Crippen LogP contribution in [0.2, 0.25) is 5.04 Å². The number of hydrogen-bond acceptors (Lipinski definition) is 3. The van der Waals surface area contributed by atoms with Gasteiger partial charge in [-0.2, -0.15) is 5.10 Å². The van der Waals surface area contributed by atoms with Crippen LogP contribution in [-0.4, -0.2) is 25.1 Å². The highest BCUT2D eigenvalue weighted by molar-refractivity contribution is 6.99. The SMILES string of the molecule is CC(C)(C)[Si](OCCCc1ccc(=O)[nH]n1)(c1ccccc1)c1ccccc1. The summed E-state index contributed by atoms with van der Waals surface area (Å²) in [5.74, 6) is 0. The van der Waals surface area contributed by atoms with Gasteiger partial charge in [-0.05, 0) is 34.3 Å². The van der Waals surface area contributed by atoms with Gasteiger partial charge in [0.1, 0.15) is 0 Å². The predicted octanol–water partition coefficient (Wildman–Crippen LogP) is 3.28. The smallest absolute Gasteiger partial charge is 0.264 e. The molecule has 0 saturated carbocycles. The van der Waals surface area contributed by atoms with Crippen molar-refractivity contribution in [1.82, 2.24) is 10.2 Å². The van der Waals surface area contributed by atoms with E-state index in [0.29, 0.717) is 6.61 Å². The molecule has 0 amide bonds. The van der Waals surface area contributed by atoms with E-state index in [1.165, 1.54) is 16.4 Å². The van der Waals surface area contributed by atoms with Crippen molar-refractivity contribution in [2.75, 3.05) is 6.61 Å². The molecule has 0 bridgehead atoms. The number of aromatic nitrogens is 2. The van der Waals surface area contributed by atoms with Crippen LogP contribution in [0.1, 0.15) is 32.9 Å². The molecule has 4 nitrogen and oxygen atoms in total. The molecule has 0 fully saturated rings. The van der Waals surface area contributed by atoms with Gasteiger partial charge >= 0.3 is 0 Å². The fourth-order valence-electron chi connectivity index (χ4n) is 3.75. The van der Waals surface area contributed by atoms with Gasteiger partial charge in [-0.3, -0.25) is 4.79 Å². The molecule has 3 rings (SSSR count). The zero-order chi connectivity index (χ0) is 20.0. The van der Waals surface area contributed by atoms with Gasteiger partial charge in [-0.15, -0.1) is 0 Å². The summed E-state index contributed by atoms with van der Waals surface area (Å²) in [5, 5.41) is 9.14.